The Hall–Kier alpha value is -1.16. The van der Waals surface area contributed by atoms with E-state index in [2.05, 4.69) is 21.0 Å². The number of nitrogens with zero attached hydrogens (tertiary/aromatic N) is 2. The molecule has 0 amide bonds. The maximum Gasteiger partial charge on any atom is 0.132 e. The van der Waals surface area contributed by atoms with Crippen LogP contribution in [-0.4, -0.2) is 9.78 Å². The summed E-state index contributed by atoms with van der Waals surface area (Å²) < 4.78 is 16.2. The molecule has 2 nitrogen and oxygen atoms in total. The van der Waals surface area contributed by atoms with Crippen molar-refractivity contribution in [3.63, 3.8) is 0 Å². The highest BCUT2D eigenvalue weighted by molar-refractivity contribution is 9.10. The quantitative estimate of drug-likeness (QED) is 0.816. The summed E-state index contributed by atoms with van der Waals surface area (Å²) in [7, 11) is 0. The molecule has 0 saturated carbocycles. The van der Waals surface area contributed by atoms with E-state index in [4.69, 9.17) is 0 Å². The van der Waals surface area contributed by atoms with Gasteiger partial charge in [-0.2, -0.15) is 5.10 Å². The smallest absolute Gasteiger partial charge is 0.132 e. The lowest BCUT2D eigenvalue weighted by Gasteiger charge is -2.06. The van der Waals surface area contributed by atoms with Crippen molar-refractivity contribution < 1.29 is 4.39 Å². The highest BCUT2D eigenvalue weighted by Gasteiger charge is 2.13. The highest BCUT2D eigenvalue weighted by atomic mass is 79.9. The normalized spacial score (nSPS) is 10.6. The molecular weight excluding hydrogens is 259 g/mol. The molecule has 0 aliphatic heterocycles. The second-order valence-corrected chi connectivity index (χ2v) is 3.99. The van der Waals surface area contributed by atoms with E-state index in [-0.39, 0.29) is 5.82 Å². The molecule has 4 heteroatoms. The Morgan fingerprint density at radius 1 is 1.40 bits per heavy atom. The summed E-state index contributed by atoms with van der Waals surface area (Å²) in [4.78, 5) is 0. The van der Waals surface area contributed by atoms with Crippen LogP contribution in [0.2, 0.25) is 0 Å². The van der Waals surface area contributed by atoms with E-state index >= 15 is 0 Å². The average Bonchev–Trinajstić information content (AvgIpc) is 2.60. The van der Waals surface area contributed by atoms with Crippen LogP contribution >= 0.6 is 15.9 Å². The molecule has 1 aromatic heterocycles. The molecule has 0 aliphatic carbocycles. The Morgan fingerprint density at radius 3 is 2.80 bits per heavy atom. The predicted molar refractivity (Wildman–Crippen MR) is 61.0 cm³/mol. The summed E-state index contributed by atoms with van der Waals surface area (Å²) in [5, 5.41) is 4.15. The highest BCUT2D eigenvalue weighted by Crippen LogP contribution is 2.29. The molecule has 0 radical (unpaired) electrons. The van der Waals surface area contributed by atoms with Crippen molar-refractivity contribution in [3.05, 3.63) is 40.8 Å². The fourth-order valence-corrected chi connectivity index (χ4v) is 2.03. The first-order valence-electron chi connectivity index (χ1n) is 4.70. The maximum atomic E-state index is 13.6. The maximum absolute atomic E-state index is 13.6. The van der Waals surface area contributed by atoms with Gasteiger partial charge in [0.1, 0.15) is 5.82 Å². The molecule has 0 N–H and O–H groups in total. The number of aromatic nitrogens is 2. The Bertz CT molecular complexity index is 479. The fourth-order valence-electron chi connectivity index (χ4n) is 1.52. The third-order valence-corrected chi connectivity index (χ3v) is 2.80. The molecule has 0 saturated heterocycles. The lowest BCUT2D eigenvalue weighted by atomic mass is 10.1. The van der Waals surface area contributed by atoms with Gasteiger partial charge < -0.3 is 0 Å². The van der Waals surface area contributed by atoms with E-state index in [0.717, 1.165) is 16.7 Å². The number of hydrogen-bond donors (Lipinski definition) is 0. The van der Waals surface area contributed by atoms with Gasteiger partial charge in [-0.25, -0.2) is 4.39 Å². The third-order valence-electron chi connectivity index (χ3n) is 2.22. The zero-order chi connectivity index (χ0) is 10.8. The fraction of sp³-hybridized carbons (Fsp3) is 0.182. The molecule has 0 unspecified atom stereocenters. The summed E-state index contributed by atoms with van der Waals surface area (Å²) in [5.74, 6) is -0.228. The minimum Gasteiger partial charge on any atom is -0.264 e. The van der Waals surface area contributed by atoms with Gasteiger partial charge in [-0.05, 0) is 35.0 Å². The summed E-state index contributed by atoms with van der Waals surface area (Å²) in [5.41, 5.74) is 1.36. The van der Waals surface area contributed by atoms with Crippen LogP contribution < -0.4 is 0 Å². The summed E-state index contributed by atoms with van der Waals surface area (Å²) in [6.45, 7) is 2.69. The number of aryl methyl sites for hydroxylation is 1. The van der Waals surface area contributed by atoms with Crippen molar-refractivity contribution in [2.24, 2.45) is 0 Å². The first-order chi connectivity index (χ1) is 7.24. The van der Waals surface area contributed by atoms with Crippen molar-refractivity contribution >= 4 is 15.9 Å². The first-order valence-corrected chi connectivity index (χ1v) is 5.49. The van der Waals surface area contributed by atoms with Crippen LogP contribution in [0.1, 0.15) is 6.92 Å². The Kier molecular flexibility index (Phi) is 2.86. The largest absolute Gasteiger partial charge is 0.264 e. The van der Waals surface area contributed by atoms with Gasteiger partial charge in [0.2, 0.25) is 0 Å². The molecule has 0 aliphatic rings. The molecule has 0 bridgehead atoms. The summed E-state index contributed by atoms with van der Waals surface area (Å²) in [6, 6.07) is 6.70. The van der Waals surface area contributed by atoms with E-state index in [1.165, 1.54) is 6.07 Å². The number of hydrogen-bond acceptors (Lipinski definition) is 1. The van der Waals surface area contributed by atoms with E-state index in [0.29, 0.717) is 5.56 Å². The van der Waals surface area contributed by atoms with Crippen molar-refractivity contribution in [1.29, 1.82) is 0 Å². The Balaban J connectivity index is 2.63. The van der Waals surface area contributed by atoms with Crippen LogP contribution in [0.5, 0.6) is 0 Å². The number of halogens is 2. The van der Waals surface area contributed by atoms with E-state index in [9.17, 15) is 4.39 Å². The second-order valence-electron chi connectivity index (χ2n) is 3.14. The van der Waals surface area contributed by atoms with Crippen molar-refractivity contribution in [3.8, 4) is 11.3 Å². The van der Waals surface area contributed by atoms with Crippen molar-refractivity contribution in [1.82, 2.24) is 9.78 Å². The topological polar surface area (TPSA) is 17.8 Å². The van der Waals surface area contributed by atoms with Gasteiger partial charge in [0.05, 0.1) is 16.4 Å². The molecule has 0 spiro atoms. The SMILES string of the molecule is CCn1ncc(Br)c1-c1ccccc1F. The molecule has 1 aromatic carbocycles. The van der Waals surface area contributed by atoms with Crippen LogP contribution in [-0.2, 0) is 6.54 Å². The molecule has 15 heavy (non-hydrogen) atoms. The van der Waals surface area contributed by atoms with E-state index < -0.39 is 0 Å². The molecule has 2 rings (SSSR count). The van der Waals surface area contributed by atoms with Gasteiger partial charge in [-0.3, -0.25) is 4.68 Å². The standard InChI is InChI=1S/C11H10BrFN2/c1-2-15-11(9(12)7-14-15)8-5-3-4-6-10(8)13/h3-7H,2H2,1H3. The van der Waals surface area contributed by atoms with Crippen molar-refractivity contribution in [2.75, 3.05) is 0 Å². The monoisotopic (exact) mass is 268 g/mol. The second kappa shape index (κ2) is 4.14. The van der Waals surface area contributed by atoms with Gasteiger partial charge in [-0.1, -0.05) is 12.1 Å². The average molecular weight is 269 g/mol. The molecule has 0 fully saturated rings. The zero-order valence-corrected chi connectivity index (χ0v) is 9.83. The van der Waals surface area contributed by atoms with E-state index in [1.54, 1.807) is 23.0 Å². The molecule has 78 valence electrons. The minimum atomic E-state index is -0.228. The van der Waals surface area contributed by atoms with Gasteiger partial charge >= 0.3 is 0 Å². The lowest BCUT2D eigenvalue weighted by molar-refractivity contribution is 0.621. The van der Waals surface area contributed by atoms with Gasteiger partial charge in [-0.15, -0.1) is 0 Å². The summed E-state index contributed by atoms with van der Waals surface area (Å²) in [6.07, 6.45) is 1.69. The van der Waals surface area contributed by atoms with Crippen molar-refractivity contribution in [2.45, 2.75) is 13.5 Å². The molecule has 1 heterocycles. The van der Waals surface area contributed by atoms with E-state index in [1.807, 2.05) is 13.0 Å². The zero-order valence-electron chi connectivity index (χ0n) is 8.24. The van der Waals surface area contributed by atoms with Crippen LogP contribution in [0, 0.1) is 5.82 Å². The van der Waals surface area contributed by atoms with Crippen LogP contribution in [0.4, 0.5) is 4.39 Å². The van der Waals surface area contributed by atoms with Crippen LogP contribution in [0.25, 0.3) is 11.3 Å². The molecule has 2 aromatic rings. The van der Waals surface area contributed by atoms with Crippen LogP contribution in [0.3, 0.4) is 0 Å². The van der Waals surface area contributed by atoms with Crippen LogP contribution in [0.15, 0.2) is 34.9 Å². The Morgan fingerprint density at radius 2 is 2.13 bits per heavy atom. The van der Waals surface area contributed by atoms with Gasteiger partial charge in [0.15, 0.2) is 0 Å². The predicted octanol–water partition coefficient (Wildman–Crippen LogP) is 3.47. The van der Waals surface area contributed by atoms with Gasteiger partial charge in [0.25, 0.3) is 0 Å². The minimum absolute atomic E-state index is 0.228. The van der Waals surface area contributed by atoms with Gasteiger partial charge in [0, 0.05) is 12.1 Å². The third kappa shape index (κ3) is 1.81. The molecular formula is C11H10BrFN2. The summed E-state index contributed by atoms with van der Waals surface area (Å²) >= 11 is 3.38. The first kappa shape index (κ1) is 10.4. The Labute approximate surface area is 95.9 Å². The number of rotatable bonds is 2. The lowest BCUT2D eigenvalue weighted by Crippen LogP contribution is -2.00. The molecule has 0 atom stereocenters. The number of benzene rings is 1.